The van der Waals surface area contributed by atoms with E-state index in [2.05, 4.69) is 51.7 Å². The molecule has 0 aliphatic carbocycles. The number of nitrogen functional groups attached to an aromatic ring is 1. The van der Waals surface area contributed by atoms with Gasteiger partial charge in [0.15, 0.2) is 0 Å². The van der Waals surface area contributed by atoms with Crippen molar-refractivity contribution in [3.63, 3.8) is 0 Å². The molecular formula is C22H22N4O. The molecule has 27 heavy (non-hydrogen) atoms. The summed E-state index contributed by atoms with van der Waals surface area (Å²) in [5.74, 6) is 1.34. The lowest BCUT2D eigenvalue weighted by molar-refractivity contribution is 0.410. The molecule has 0 unspecified atom stereocenters. The number of hydrogen-bond acceptors (Lipinski definition) is 4. The van der Waals surface area contributed by atoms with Crippen LogP contribution in [0.25, 0.3) is 22.0 Å². The van der Waals surface area contributed by atoms with Gasteiger partial charge in [-0.2, -0.15) is 0 Å². The Kier molecular flexibility index (Phi) is 4.42. The van der Waals surface area contributed by atoms with Gasteiger partial charge in [-0.05, 0) is 59.8 Å². The van der Waals surface area contributed by atoms with Gasteiger partial charge in [-0.1, -0.05) is 18.2 Å². The molecule has 2 aromatic carbocycles. The van der Waals surface area contributed by atoms with Crippen LogP contribution < -0.4 is 15.8 Å². The van der Waals surface area contributed by atoms with Crippen LogP contribution in [0.2, 0.25) is 0 Å². The monoisotopic (exact) mass is 358 g/mol. The van der Waals surface area contributed by atoms with Crippen molar-refractivity contribution in [2.45, 2.75) is 13.5 Å². The lowest BCUT2D eigenvalue weighted by Crippen LogP contribution is -2.05. The minimum Gasteiger partial charge on any atom is -0.496 e. The number of pyridine rings is 1. The fraction of sp³-hybridized carbons (Fsp3) is 0.136. The molecule has 5 nitrogen and oxygen atoms in total. The summed E-state index contributed by atoms with van der Waals surface area (Å²) in [5.41, 5.74) is 12.2. The van der Waals surface area contributed by atoms with Crippen molar-refractivity contribution in [3.8, 4) is 16.9 Å². The summed E-state index contributed by atoms with van der Waals surface area (Å²) in [7, 11) is 1.69. The Labute approximate surface area is 158 Å². The summed E-state index contributed by atoms with van der Waals surface area (Å²) in [6, 6.07) is 18.6. The van der Waals surface area contributed by atoms with Crippen LogP contribution in [-0.4, -0.2) is 17.1 Å². The number of aromatic nitrogens is 2. The molecule has 2 aromatic heterocycles. The molecule has 0 saturated carbocycles. The highest BCUT2D eigenvalue weighted by Gasteiger charge is 2.08. The second kappa shape index (κ2) is 7.03. The van der Waals surface area contributed by atoms with Crippen molar-refractivity contribution in [2.75, 3.05) is 18.2 Å². The van der Waals surface area contributed by atoms with Crippen molar-refractivity contribution in [2.24, 2.45) is 0 Å². The van der Waals surface area contributed by atoms with Crippen molar-refractivity contribution in [1.82, 2.24) is 9.97 Å². The normalized spacial score (nSPS) is 10.9. The third-order valence-electron chi connectivity index (χ3n) is 4.70. The van der Waals surface area contributed by atoms with Gasteiger partial charge in [-0.3, -0.25) is 0 Å². The molecule has 4 N–H and O–H groups in total. The standard InChI is InChI=1S/C22H22N4O/c1-14-3-7-19(22(23)26-14)25-13-18-11-16(6-8-21(18)27-2)17-5-4-15-9-10-24-20(15)12-17/h3-12,24-25H,13H2,1-2H3,(H2,23,26). The van der Waals surface area contributed by atoms with E-state index in [-0.39, 0.29) is 0 Å². The van der Waals surface area contributed by atoms with E-state index in [0.717, 1.165) is 39.3 Å². The van der Waals surface area contributed by atoms with E-state index < -0.39 is 0 Å². The van der Waals surface area contributed by atoms with Gasteiger partial charge in [-0.25, -0.2) is 4.98 Å². The van der Waals surface area contributed by atoms with Crippen LogP contribution in [0.3, 0.4) is 0 Å². The Morgan fingerprint density at radius 1 is 1.04 bits per heavy atom. The molecule has 4 aromatic rings. The Balaban J connectivity index is 1.64. The molecule has 0 atom stereocenters. The number of nitrogens with one attached hydrogen (secondary N) is 2. The van der Waals surface area contributed by atoms with Gasteiger partial charge in [0.05, 0.1) is 12.8 Å². The minimum absolute atomic E-state index is 0.502. The molecule has 4 rings (SSSR count). The smallest absolute Gasteiger partial charge is 0.147 e. The quantitative estimate of drug-likeness (QED) is 0.481. The number of H-pyrrole nitrogens is 1. The first kappa shape index (κ1) is 17.0. The third kappa shape index (κ3) is 3.44. The summed E-state index contributed by atoms with van der Waals surface area (Å²) in [6.07, 6.45) is 1.96. The van der Waals surface area contributed by atoms with Crippen LogP contribution in [0.1, 0.15) is 11.3 Å². The maximum atomic E-state index is 6.01. The van der Waals surface area contributed by atoms with E-state index in [1.807, 2.05) is 31.3 Å². The third-order valence-corrected chi connectivity index (χ3v) is 4.70. The highest BCUT2D eigenvalue weighted by atomic mass is 16.5. The predicted octanol–water partition coefficient (Wildman–Crippen LogP) is 4.74. The SMILES string of the molecule is COc1ccc(-c2ccc3cc[nH]c3c2)cc1CNc1ccc(C)nc1N. The number of fused-ring (bicyclic) bond motifs is 1. The van der Waals surface area contributed by atoms with Crippen molar-refractivity contribution < 1.29 is 4.74 Å². The molecule has 0 aliphatic rings. The zero-order valence-electron chi connectivity index (χ0n) is 15.4. The fourth-order valence-electron chi connectivity index (χ4n) is 3.24. The van der Waals surface area contributed by atoms with Gasteiger partial charge < -0.3 is 20.8 Å². The van der Waals surface area contributed by atoms with Crippen molar-refractivity contribution in [3.05, 3.63) is 72.1 Å². The maximum Gasteiger partial charge on any atom is 0.147 e. The second-order valence-electron chi connectivity index (χ2n) is 6.55. The van der Waals surface area contributed by atoms with E-state index >= 15 is 0 Å². The lowest BCUT2D eigenvalue weighted by atomic mass is 10.0. The van der Waals surface area contributed by atoms with Gasteiger partial charge >= 0.3 is 0 Å². The molecule has 0 aliphatic heterocycles. The highest BCUT2D eigenvalue weighted by Crippen LogP contribution is 2.29. The number of hydrogen-bond donors (Lipinski definition) is 3. The molecule has 0 spiro atoms. The van der Waals surface area contributed by atoms with Crippen LogP contribution >= 0.6 is 0 Å². The highest BCUT2D eigenvalue weighted by molar-refractivity contribution is 5.85. The number of methoxy groups -OCH3 is 1. The lowest BCUT2D eigenvalue weighted by Gasteiger charge is -2.14. The van der Waals surface area contributed by atoms with Crippen LogP contribution in [0.5, 0.6) is 5.75 Å². The Bertz CT molecular complexity index is 1100. The number of nitrogens with two attached hydrogens (primary N) is 1. The maximum absolute atomic E-state index is 6.01. The second-order valence-corrected chi connectivity index (χ2v) is 6.55. The predicted molar refractivity (Wildman–Crippen MR) is 111 cm³/mol. The molecule has 136 valence electrons. The van der Waals surface area contributed by atoms with E-state index in [0.29, 0.717) is 12.4 Å². The van der Waals surface area contributed by atoms with Crippen LogP contribution in [-0.2, 0) is 6.54 Å². The average Bonchev–Trinajstić information content (AvgIpc) is 3.15. The summed E-state index contributed by atoms with van der Waals surface area (Å²) in [6.45, 7) is 2.52. The zero-order valence-corrected chi connectivity index (χ0v) is 15.4. The van der Waals surface area contributed by atoms with E-state index in [4.69, 9.17) is 10.5 Å². The van der Waals surface area contributed by atoms with Gasteiger partial charge in [0.1, 0.15) is 11.6 Å². The van der Waals surface area contributed by atoms with E-state index in [1.54, 1.807) is 7.11 Å². The number of nitrogens with zero attached hydrogens (tertiary/aromatic N) is 1. The number of aryl methyl sites for hydroxylation is 1. The number of aromatic amines is 1. The molecule has 0 saturated heterocycles. The van der Waals surface area contributed by atoms with Crippen LogP contribution in [0.4, 0.5) is 11.5 Å². The number of ether oxygens (including phenoxy) is 1. The topological polar surface area (TPSA) is 76.0 Å². The molecule has 0 amide bonds. The van der Waals surface area contributed by atoms with Crippen LogP contribution in [0, 0.1) is 6.92 Å². The molecule has 0 fully saturated rings. The minimum atomic E-state index is 0.502. The van der Waals surface area contributed by atoms with Crippen LogP contribution in [0.15, 0.2) is 60.8 Å². The molecule has 0 bridgehead atoms. The summed E-state index contributed by atoms with van der Waals surface area (Å²) < 4.78 is 5.54. The summed E-state index contributed by atoms with van der Waals surface area (Å²) >= 11 is 0. The number of benzene rings is 2. The van der Waals surface area contributed by atoms with E-state index in [9.17, 15) is 0 Å². The molecule has 0 radical (unpaired) electrons. The Morgan fingerprint density at radius 3 is 2.67 bits per heavy atom. The zero-order chi connectivity index (χ0) is 18.8. The number of rotatable bonds is 5. The first-order valence-corrected chi connectivity index (χ1v) is 8.85. The molecule has 2 heterocycles. The fourth-order valence-corrected chi connectivity index (χ4v) is 3.24. The summed E-state index contributed by atoms with van der Waals surface area (Å²) in [4.78, 5) is 7.56. The summed E-state index contributed by atoms with van der Waals surface area (Å²) in [5, 5.41) is 4.57. The van der Waals surface area contributed by atoms with Gasteiger partial charge in [0.2, 0.25) is 0 Å². The van der Waals surface area contributed by atoms with Crippen molar-refractivity contribution in [1.29, 1.82) is 0 Å². The van der Waals surface area contributed by atoms with Crippen molar-refractivity contribution >= 4 is 22.4 Å². The largest absolute Gasteiger partial charge is 0.496 e. The first-order chi connectivity index (χ1) is 13.1. The average molecular weight is 358 g/mol. The number of anilines is 2. The molecular weight excluding hydrogens is 336 g/mol. The van der Waals surface area contributed by atoms with Gasteiger partial charge in [0, 0.05) is 29.5 Å². The Morgan fingerprint density at radius 2 is 1.85 bits per heavy atom. The Hall–Kier alpha value is -3.47. The molecule has 5 heteroatoms. The van der Waals surface area contributed by atoms with Gasteiger partial charge in [0.25, 0.3) is 0 Å². The van der Waals surface area contributed by atoms with Gasteiger partial charge in [-0.15, -0.1) is 0 Å². The first-order valence-electron chi connectivity index (χ1n) is 8.85. The van der Waals surface area contributed by atoms with E-state index in [1.165, 1.54) is 5.39 Å².